The van der Waals surface area contributed by atoms with Gasteiger partial charge in [0.05, 0.1) is 14.2 Å². The summed E-state index contributed by atoms with van der Waals surface area (Å²) in [7, 11) is 3.24. The minimum absolute atomic E-state index is 0.170. The van der Waals surface area contributed by atoms with Gasteiger partial charge in [0.25, 0.3) is 0 Å². The Morgan fingerprint density at radius 2 is 1.41 bits per heavy atom. The Kier molecular flexibility index (Phi) is 7.55. The summed E-state index contributed by atoms with van der Waals surface area (Å²) in [5.74, 6) is 1.53. The second-order valence-electron chi connectivity index (χ2n) is 6.94. The maximum atomic E-state index is 10.1. The normalized spacial score (nSPS) is 10.9. The van der Waals surface area contributed by atoms with Crippen LogP contribution in [0.4, 0.5) is 0 Å². The lowest BCUT2D eigenvalue weighted by Gasteiger charge is -2.23. The largest absolute Gasteiger partial charge is 0.504 e. The van der Waals surface area contributed by atoms with Gasteiger partial charge in [-0.1, -0.05) is 46.3 Å². The number of phenolic OH excluding ortho intramolecular Hbond substituents is 1. The van der Waals surface area contributed by atoms with E-state index in [0.717, 1.165) is 41.8 Å². The maximum Gasteiger partial charge on any atom is 0.160 e. The summed E-state index contributed by atoms with van der Waals surface area (Å²) in [6.45, 7) is 2.47. The summed E-state index contributed by atoms with van der Waals surface area (Å²) in [4.78, 5) is 2.38. The summed E-state index contributed by atoms with van der Waals surface area (Å²) < 4.78 is 11.5. The van der Waals surface area contributed by atoms with Crippen LogP contribution >= 0.6 is 15.9 Å². The minimum atomic E-state index is 0.170. The molecule has 0 heterocycles. The van der Waals surface area contributed by atoms with Crippen molar-refractivity contribution in [2.45, 2.75) is 19.5 Å². The van der Waals surface area contributed by atoms with Crippen LogP contribution in [0.3, 0.4) is 0 Å². The zero-order valence-corrected chi connectivity index (χ0v) is 18.4. The number of halogens is 1. The van der Waals surface area contributed by atoms with Gasteiger partial charge in [0.1, 0.15) is 5.75 Å². The first kappa shape index (κ1) is 21.2. The molecule has 3 rings (SSSR count). The highest BCUT2D eigenvalue weighted by atomic mass is 79.9. The highest BCUT2D eigenvalue weighted by Gasteiger charge is 2.10. The number of benzene rings is 3. The van der Waals surface area contributed by atoms with Crippen molar-refractivity contribution in [1.82, 2.24) is 4.90 Å². The molecule has 0 aliphatic heterocycles. The third-order valence-electron chi connectivity index (χ3n) is 4.84. The van der Waals surface area contributed by atoms with Gasteiger partial charge in [-0.3, -0.25) is 4.90 Å². The Labute approximate surface area is 180 Å². The second-order valence-corrected chi connectivity index (χ2v) is 7.86. The van der Waals surface area contributed by atoms with Gasteiger partial charge < -0.3 is 14.6 Å². The molecule has 0 spiro atoms. The van der Waals surface area contributed by atoms with E-state index in [1.165, 1.54) is 11.1 Å². The molecule has 0 atom stereocenters. The molecule has 0 radical (unpaired) electrons. The lowest BCUT2D eigenvalue weighted by Crippen LogP contribution is -2.25. The number of rotatable bonds is 9. The molecule has 4 nitrogen and oxygen atoms in total. The van der Waals surface area contributed by atoms with Crippen molar-refractivity contribution < 1.29 is 14.6 Å². The van der Waals surface area contributed by atoms with Gasteiger partial charge in [0.15, 0.2) is 11.5 Å². The van der Waals surface area contributed by atoms with E-state index < -0.39 is 0 Å². The Morgan fingerprint density at radius 1 is 0.793 bits per heavy atom. The molecule has 5 heteroatoms. The minimum Gasteiger partial charge on any atom is -0.504 e. The van der Waals surface area contributed by atoms with Gasteiger partial charge in [0.2, 0.25) is 0 Å². The Morgan fingerprint density at radius 3 is 2.03 bits per heavy atom. The van der Waals surface area contributed by atoms with Crippen molar-refractivity contribution in [2.75, 3.05) is 20.8 Å². The zero-order valence-electron chi connectivity index (χ0n) is 16.8. The fraction of sp³-hybridized carbons (Fsp3) is 0.250. The summed E-state index contributed by atoms with van der Waals surface area (Å²) in [6.07, 6.45) is 0.933. The highest BCUT2D eigenvalue weighted by Crippen LogP contribution is 2.27. The molecular weight excluding hydrogens is 430 g/mol. The standard InChI is InChI=1S/C24H26BrNO3/c1-28-22-10-5-18(6-11-22)13-14-26(16-19-3-8-21(25)9-4-19)17-20-7-12-24(29-2)23(27)15-20/h3-12,15,27H,13-14,16-17H2,1-2H3. The van der Waals surface area contributed by atoms with Gasteiger partial charge >= 0.3 is 0 Å². The predicted octanol–water partition coefficient (Wildman–Crippen LogP) is 5.42. The third kappa shape index (κ3) is 6.24. The van der Waals surface area contributed by atoms with E-state index >= 15 is 0 Å². The Balaban J connectivity index is 1.72. The molecule has 29 heavy (non-hydrogen) atoms. The molecule has 0 aliphatic carbocycles. The molecule has 0 bridgehead atoms. The molecule has 0 amide bonds. The van der Waals surface area contributed by atoms with Gasteiger partial charge in [-0.05, 0) is 59.5 Å². The molecule has 0 unspecified atom stereocenters. The second kappa shape index (κ2) is 10.3. The molecule has 0 saturated heterocycles. The first-order valence-electron chi connectivity index (χ1n) is 9.53. The fourth-order valence-corrected chi connectivity index (χ4v) is 3.50. The number of hydrogen-bond acceptors (Lipinski definition) is 4. The van der Waals surface area contributed by atoms with Crippen LogP contribution in [0.2, 0.25) is 0 Å². The Hall–Kier alpha value is -2.50. The topological polar surface area (TPSA) is 41.9 Å². The number of ether oxygens (including phenoxy) is 2. The van der Waals surface area contributed by atoms with Crippen molar-refractivity contribution in [1.29, 1.82) is 0 Å². The molecule has 1 N–H and O–H groups in total. The molecule has 3 aromatic carbocycles. The van der Waals surface area contributed by atoms with Crippen molar-refractivity contribution in [3.63, 3.8) is 0 Å². The third-order valence-corrected chi connectivity index (χ3v) is 5.37. The van der Waals surface area contributed by atoms with Crippen LogP contribution in [0, 0.1) is 0 Å². The quantitative estimate of drug-likeness (QED) is 0.467. The van der Waals surface area contributed by atoms with E-state index in [9.17, 15) is 5.11 Å². The van der Waals surface area contributed by atoms with E-state index in [0.29, 0.717) is 5.75 Å². The predicted molar refractivity (Wildman–Crippen MR) is 120 cm³/mol. The van der Waals surface area contributed by atoms with Gasteiger partial charge in [0, 0.05) is 24.1 Å². The van der Waals surface area contributed by atoms with Crippen molar-refractivity contribution in [3.8, 4) is 17.2 Å². The lowest BCUT2D eigenvalue weighted by atomic mass is 10.1. The van der Waals surface area contributed by atoms with Crippen LogP contribution in [0.5, 0.6) is 17.2 Å². The van der Waals surface area contributed by atoms with Gasteiger partial charge in [-0.25, -0.2) is 0 Å². The fourth-order valence-electron chi connectivity index (χ4n) is 3.23. The van der Waals surface area contributed by atoms with Crippen molar-refractivity contribution in [2.24, 2.45) is 0 Å². The van der Waals surface area contributed by atoms with Gasteiger partial charge in [-0.2, -0.15) is 0 Å². The molecule has 0 saturated carbocycles. The average Bonchev–Trinajstić information content (AvgIpc) is 2.74. The molecule has 3 aromatic rings. The number of nitrogens with zero attached hydrogens (tertiary/aromatic N) is 1. The summed E-state index contributed by atoms with van der Waals surface area (Å²) in [5.41, 5.74) is 3.57. The number of phenols is 1. The van der Waals surface area contributed by atoms with Crippen LogP contribution < -0.4 is 9.47 Å². The maximum absolute atomic E-state index is 10.1. The van der Waals surface area contributed by atoms with Crippen molar-refractivity contribution >= 4 is 15.9 Å². The molecule has 0 fully saturated rings. The summed E-state index contributed by atoms with van der Waals surface area (Å²) in [5, 5.41) is 10.1. The van der Waals surface area contributed by atoms with Crippen LogP contribution in [-0.4, -0.2) is 30.8 Å². The van der Waals surface area contributed by atoms with Crippen LogP contribution in [-0.2, 0) is 19.5 Å². The van der Waals surface area contributed by atoms with Gasteiger partial charge in [-0.15, -0.1) is 0 Å². The summed E-state index contributed by atoms with van der Waals surface area (Å²) >= 11 is 3.50. The summed E-state index contributed by atoms with van der Waals surface area (Å²) in [6, 6.07) is 22.2. The van der Waals surface area contributed by atoms with E-state index in [4.69, 9.17) is 9.47 Å². The van der Waals surface area contributed by atoms with Crippen LogP contribution in [0.15, 0.2) is 71.2 Å². The SMILES string of the molecule is COc1ccc(CCN(Cc2ccc(Br)cc2)Cc2ccc(OC)c(O)c2)cc1. The van der Waals surface area contributed by atoms with E-state index in [2.05, 4.69) is 57.2 Å². The number of hydrogen-bond donors (Lipinski definition) is 1. The smallest absolute Gasteiger partial charge is 0.160 e. The van der Waals surface area contributed by atoms with E-state index in [1.807, 2.05) is 24.3 Å². The first-order chi connectivity index (χ1) is 14.1. The van der Waals surface area contributed by atoms with Crippen LogP contribution in [0.25, 0.3) is 0 Å². The first-order valence-corrected chi connectivity index (χ1v) is 10.3. The lowest BCUT2D eigenvalue weighted by molar-refractivity contribution is 0.259. The Bertz CT molecular complexity index is 910. The highest BCUT2D eigenvalue weighted by molar-refractivity contribution is 9.10. The van der Waals surface area contributed by atoms with Crippen LogP contribution in [0.1, 0.15) is 16.7 Å². The molecule has 0 aliphatic rings. The molecule has 0 aromatic heterocycles. The van der Waals surface area contributed by atoms with E-state index in [1.54, 1.807) is 20.3 Å². The van der Waals surface area contributed by atoms with E-state index in [-0.39, 0.29) is 5.75 Å². The molecular formula is C24H26BrNO3. The monoisotopic (exact) mass is 455 g/mol. The number of methoxy groups -OCH3 is 2. The van der Waals surface area contributed by atoms with Crippen molar-refractivity contribution in [3.05, 3.63) is 87.9 Å². The molecule has 152 valence electrons. The zero-order chi connectivity index (χ0) is 20.6. The average molecular weight is 456 g/mol. The number of aromatic hydroxyl groups is 1.